The lowest BCUT2D eigenvalue weighted by atomic mass is 9.92. The van der Waals surface area contributed by atoms with Gasteiger partial charge in [-0.05, 0) is 87.4 Å². The van der Waals surface area contributed by atoms with E-state index in [1.807, 2.05) is 44.2 Å². The summed E-state index contributed by atoms with van der Waals surface area (Å²) in [7, 11) is -3.17. The minimum absolute atomic E-state index is 0.0670. The van der Waals surface area contributed by atoms with Crippen molar-refractivity contribution in [1.82, 2.24) is 15.5 Å². The number of anilines is 1. The Balaban J connectivity index is 1.65. The number of aliphatic hydroxyl groups excluding tert-OH is 1. The highest BCUT2D eigenvalue weighted by Gasteiger charge is 2.33. The van der Waals surface area contributed by atoms with Crippen molar-refractivity contribution in [2.45, 2.75) is 83.7 Å². The van der Waals surface area contributed by atoms with Crippen LogP contribution in [0.2, 0.25) is 0 Å². The number of nitrogens with one attached hydrogen (secondary N) is 2. The molecule has 0 unspecified atom stereocenters. The summed E-state index contributed by atoms with van der Waals surface area (Å²) in [5.74, 6) is -0.668. The molecule has 2 atom stereocenters. The van der Waals surface area contributed by atoms with E-state index >= 15 is 0 Å². The smallest absolute Gasteiger partial charge is 0.390 e. The number of halogens is 3. The molecule has 51 heavy (non-hydrogen) atoms. The SMILES string of the molecule is CCCN(CCC)C(=O)c1cc(C(=O)N[C@@H](Cc2ccccc2)[C@@H](O)CNC(C)(C)c2cccc(C(F)(F)F)c2)cc(N2CCCCS2(O)O)c1. The predicted molar refractivity (Wildman–Crippen MR) is 197 cm³/mol. The highest BCUT2D eigenvalue weighted by atomic mass is 32.3. The van der Waals surface area contributed by atoms with Gasteiger partial charge in [0, 0.05) is 42.8 Å². The molecular formula is C38H51F3N4O5S. The molecule has 2 amide bonds. The molecule has 5 N–H and O–H groups in total. The Morgan fingerprint density at radius 1 is 0.902 bits per heavy atom. The first-order valence-corrected chi connectivity index (χ1v) is 19.2. The fourth-order valence-corrected chi connectivity index (χ4v) is 7.92. The maximum atomic E-state index is 14.1. The van der Waals surface area contributed by atoms with E-state index < -0.39 is 46.1 Å². The lowest BCUT2D eigenvalue weighted by molar-refractivity contribution is -0.137. The second kappa shape index (κ2) is 17.3. The molecule has 0 bridgehead atoms. The average molecular weight is 733 g/mol. The van der Waals surface area contributed by atoms with Gasteiger partial charge in [0.25, 0.3) is 11.8 Å². The van der Waals surface area contributed by atoms with Crippen molar-refractivity contribution in [2.24, 2.45) is 0 Å². The standard InChI is InChI=1S/C38H51F3N4O5S/c1-5-17-44(18-6-2)36(48)29-22-28(23-32(24-29)45-19-10-11-20-51(45,49)50)35(47)43-33(21-27-13-8-7-9-14-27)34(46)26-42-37(3,4)30-15-12-16-31(25-30)38(39,40)41/h7-9,12-16,22-25,33-34,42,46,49-50H,5-6,10-11,17-21,26H2,1-4H3,(H,43,47)/t33-,34-/m0/s1. The minimum atomic E-state index is -4.51. The van der Waals surface area contributed by atoms with Crippen molar-refractivity contribution in [2.75, 3.05) is 36.2 Å². The van der Waals surface area contributed by atoms with Gasteiger partial charge in [0.15, 0.2) is 0 Å². The first-order valence-electron chi connectivity index (χ1n) is 17.5. The van der Waals surface area contributed by atoms with Gasteiger partial charge < -0.3 is 20.6 Å². The van der Waals surface area contributed by atoms with Crippen LogP contribution < -0.4 is 14.9 Å². The summed E-state index contributed by atoms with van der Waals surface area (Å²) in [6.45, 7) is 8.70. The van der Waals surface area contributed by atoms with Gasteiger partial charge in [0.05, 0.1) is 29.1 Å². The van der Waals surface area contributed by atoms with Crippen LogP contribution >= 0.6 is 10.8 Å². The zero-order chi connectivity index (χ0) is 37.4. The number of alkyl halides is 3. The average Bonchev–Trinajstić information content (AvgIpc) is 3.09. The number of nitrogens with zero attached hydrogens (tertiary/aromatic N) is 2. The summed E-state index contributed by atoms with van der Waals surface area (Å²) >= 11 is 0. The fraction of sp³-hybridized carbons (Fsp3) is 0.474. The summed E-state index contributed by atoms with van der Waals surface area (Å²) in [6, 6.07) is 18.1. The molecule has 1 aliphatic rings. The van der Waals surface area contributed by atoms with E-state index in [4.69, 9.17) is 0 Å². The molecule has 3 aromatic carbocycles. The van der Waals surface area contributed by atoms with E-state index in [0.717, 1.165) is 30.5 Å². The van der Waals surface area contributed by atoms with Gasteiger partial charge in [-0.1, -0.05) is 56.3 Å². The molecule has 1 fully saturated rings. The van der Waals surface area contributed by atoms with E-state index in [9.17, 15) is 37.0 Å². The fourth-order valence-electron chi connectivity index (χ4n) is 6.24. The van der Waals surface area contributed by atoms with Crippen LogP contribution in [0.15, 0.2) is 72.8 Å². The van der Waals surface area contributed by atoms with Crippen molar-refractivity contribution >= 4 is 28.3 Å². The normalized spacial score (nSPS) is 16.6. The molecule has 1 aliphatic heterocycles. The van der Waals surface area contributed by atoms with Crippen LogP contribution in [-0.4, -0.2) is 75.0 Å². The Hall–Kier alpha value is -3.62. The molecule has 0 aromatic heterocycles. The summed E-state index contributed by atoms with van der Waals surface area (Å²) < 4.78 is 63.7. The lowest BCUT2D eigenvalue weighted by Crippen LogP contribution is -2.51. The lowest BCUT2D eigenvalue weighted by Gasteiger charge is -2.47. The monoisotopic (exact) mass is 732 g/mol. The maximum absolute atomic E-state index is 14.1. The van der Waals surface area contributed by atoms with Gasteiger partial charge in [-0.25, -0.2) is 0 Å². The molecule has 1 heterocycles. The van der Waals surface area contributed by atoms with Crippen LogP contribution in [0, 0.1) is 0 Å². The van der Waals surface area contributed by atoms with Crippen molar-refractivity contribution in [3.8, 4) is 0 Å². The van der Waals surface area contributed by atoms with Crippen LogP contribution in [0.1, 0.15) is 90.8 Å². The van der Waals surface area contributed by atoms with Gasteiger partial charge in [0.1, 0.15) is 0 Å². The number of aliphatic hydroxyl groups is 1. The molecule has 1 saturated heterocycles. The maximum Gasteiger partial charge on any atom is 0.416 e. The number of hydrogen-bond acceptors (Lipinski definition) is 7. The largest absolute Gasteiger partial charge is 0.416 e. The Labute approximate surface area is 300 Å². The topological polar surface area (TPSA) is 125 Å². The summed E-state index contributed by atoms with van der Waals surface area (Å²) in [6.07, 6.45) is -2.62. The van der Waals surface area contributed by atoms with Crippen molar-refractivity contribution < 1.29 is 37.0 Å². The zero-order valence-corrected chi connectivity index (χ0v) is 30.6. The summed E-state index contributed by atoms with van der Waals surface area (Å²) in [5.41, 5.74) is 0.184. The first kappa shape index (κ1) is 40.2. The van der Waals surface area contributed by atoms with Crippen LogP contribution in [0.3, 0.4) is 0 Å². The van der Waals surface area contributed by atoms with Crippen LogP contribution in [0.4, 0.5) is 18.9 Å². The summed E-state index contributed by atoms with van der Waals surface area (Å²) in [5, 5.41) is 17.7. The third-order valence-corrected chi connectivity index (χ3v) is 11.1. The molecule has 9 nitrogen and oxygen atoms in total. The Bertz CT molecular complexity index is 1620. The molecule has 0 spiro atoms. The number of hydrogen-bond donors (Lipinski definition) is 5. The zero-order valence-electron chi connectivity index (χ0n) is 29.7. The van der Waals surface area contributed by atoms with Crippen molar-refractivity contribution in [1.29, 1.82) is 0 Å². The Morgan fingerprint density at radius 2 is 1.55 bits per heavy atom. The molecule has 0 saturated carbocycles. The van der Waals surface area contributed by atoms with Crippen molar-refractivity contribution in [3.05, 3.63) is 101 Å². The highest BCUT2D eigenvalue weighted by molar-refractivity contribution is 8.25. The van der Waals surface area contributed by atoms with E-state index in [1.54, 1.807) is 30.9 Å². The summed E-state index contributed by atoms with van der Waals surface area (Å²) in [4.78, 5) is 29.6. The molecule has 4 rings (SSSR count). The molecular weight excluding hydrogens is 682 g/mol. The minimum Gasteiger partial charge on any atom is -0.390 e. The van der Waals surface area contributed by atoms with E-state index in [0.29, 0.717) is 43.7 Å². The molecule has 13 heteroatoms. The number of benzene rings is 3. The predicted octanol–water partition coefficient (Wildman–Crippen LogP) is 7.46. The second-order valence-corrected chi connectivity index (χ2v) is 15.7. The third kappa shape index (κ3) is 10.7. The molecule has 0 radical (unpaired) electrons. The van der Waals surface area contributed by atoms with Crippen molar-refractivity contribution in [3.63, 3.8) is 0 Å². The first-order chi connectivity index (χ1) is 24.1. The van der Waals surface area contributed by atoms with Gasteiger partial charge in [-0.15, -0.1) is 10.8 Å². The molecule has 280 valence electrons. The van der Waals surface area contributed by atoms with Gasteiger partial charge in [-0.2, -0.15) is 13.2 Å². The van der Waals surface area contributed by atoms with Gasteiger partial charge in [0.2, 0.25) is 0 Å². The quantitative estimate of drug-likeness (QED) is 0.110. The highest BCUT2D eigenvalue weighted by Crippen LogP contribution is 2.50. The Kier molecular flexibility index (Phi) is 13.6. The number of carbonyl (C=O) groups excluding carboxylic acids is 2. The van der Waals surface area contributed by atoms with E-state index in [-0.39, 0.29) is 35.8 Å². The Morgan fingerprint density at radius 3 is 2.18 bits per heavy atom. The van der Waals surface area contributed by atoms with Crippen LogP contribution in [-0.2, 0) is 18.1 Å². The van der Waals surface area contributed by atoms with Crippen LogP contribution in [0.25, 0.3) is 0 Å². The van der Waals surface area contributed by atoms with E-state index in [1.165, 1.54) is 22.5 Å². The van der Waals surface area contributed by atoms with Gasteiger partial charge >= 0.3 is 6.18 Å². The second-order valence-electron chi connectivity index (χ2n) is 13.6. The number of carbonyl (C=O) groups is 2. The molecule has 0 aliphatic carbocycles. The molecule has 3 aromatic rings. The number of rotatable bonds is 15. The third-order valence-electron chi connectivity index (χ3n) is 9.12. The van der Waals surface area contributed by atoms with Gasteiger partial charge in [-0.3, -0.25) is 23.0 Å². The van der Waals surface area contributed by atoms with E-state index in [2.05, 4.69) is 10.6 Å². The van der Waals surface area contributed by atoms with Crippen LogP contribution in [0.5, 0.6) is 0 Å². The number of amides is 2.